The molecule has 0 heterocycles. The number of phenolic OH excluding ortho intramolecular Hbond substituents is 1. The number of aromatic hydroxyl groups is 1. The van der Waals surface area contributed by atoms with Crippen LogP contribution < -0.4 is 0 Å². The molecule has 0 bridgehead atoms. The molecule has 0 spiro atoms. The molecule has 0 aliphatic heterocycles. The summed E-state index contributed by atoms with van der Waals surface area (Å²) in [5, 5.41) is 9.27. The van der Waals surface area contributed by atoms with E-state index in [9.17, 15) is 5.11 Å². The summed E-state index contributed by atoms with van der Waals surface area (Å²) < 4.78 is 0. The molecule has 23 heavy (non-hydrogen) atoms. The van der Waals surface area contributed by atoms with Crippen molar-refractivity contribution in [3.05, 3.63) is 103 Å². The molecule has 1 heteroatoms. The van der Waals surface area contributed by atoms with Crippen LogP contribution in [0.3, 0.4) is 0 Å². The third-order valence-corrected chi connectivity index (χ3v) is 3.26. The Balaban J connectivity index is 0.000000156. The van der Waals surface area contributed by atoms with Crippen molar-refractivity contribution in [3.8, 4) is 16.9 Å². The van der Waals surface area contributed by atoms with Crippen LogP contribution in [0.15, 0.2) is 103 Å². The van der Waals surface area contributed by atoms with Crippen LogP contribution in [0, 0.1) is 0 Å². The van der Waals surface area contributed by atoms with Gasteiger partial charge in [-0.2, -0.15) is 0 Å². The molecule has 0 atom stereocenters. The van der Waals surface area contributed by atoms with Crippen molar-refractivity contribution >= 4 is 0 Å². The monoisotopic (exact) mass is 302 g/mol. The molecule has 0 radical (unpaired) electrons. The average molecular weight is 302 g/mol. The van der Waals surface area contributed by atoms with E-state index < -0.39 is 0 Å². The van der Waals surface area contributed by atoms with Crippen LogP contribution in [-0.4, -0.2) is 5.11 Å². The van der Waals surface area contributed by atoms with Crippen molar-refractivity contribution in [2.24, 2.45) is 0 Å². The van der Waals surface area contributed by atoms with Gasteiger partial charge in [-0.15, -0.1) is 0 Å². The number of hydrogen-bond donors (Lipinski definition) is 1. The zero-order valence-corrected chi connectivity index (χ0v) is 13.2. The Morgan fingerprint density at radius 2 is 1.09 bits per heavy atom. The van der Waals surface area contributed by atoms with Gasteiger partial charge in [-0.25, -0.2) is 0 Å². The maximum Gasteiger partial charge on any atom is 0.116 e. The molecule has 0 saturated carbocycles. The first kappa shape index (κ1) is 16.6. The van der Waals surface area contributed by atoms with Crippen molar-refractivity contribution in [3.63, 3.8) is 0 Å². The van der Waals surface area contributed by atoms with Crippen LogP contribution >= 0.6 is 0 Å². The SMILES string of the molecule is C1=CCC=C1.C1=CCC=C1.Oc1cccc(-c2ccccc2)c1. The molecule has 2 aliphatic rings. The summed E-state index contributed by atoms with van der Waals surface area (Å²) in [4.78, 5) is 0. The summed E-state index contributed by atoms with van der Waals surface area (Å²) in [5.74, 6) is 0.307. The molecular formula is C22H22O. The van der Waals surface area contributed by atoms with E-state index in [0.29, 0.717) is 5.75 Å². The Morgan fingerprint density at radius 1 is 0.565 bits per heavy atom. The Kier molecular flexibility index (Phi) is 7.21. The molecule has 116 valence electrons. The summed E-state index contributed by atoms with van der Waals surface area (Å²) in [6.45, 7) is 0. The van der Waals surface area contributed by atoms with E-state index in [1.165, 1.54) is 0 Å². The molecule has 4 rings (SSSR count). The Morgan fingerprint density at radius 3 is 1.52 bits per heavy atom. The third-order valence-electron chi connectivity index (χ3n) is 3.26. The number of benzene rings is 2. The predicted octanol–water partition coefficient (Wildman–Crippen LogP) is 6.06. The zero-order valence-electron chi connectivity index (χ0n) is 13.2. The molecule has 0 fully saturated rings. The van der Waals surface area contributed by atoms with Gasteiger partial charge in [-0.3, -0.25) is 0 Å². The second-order valence-electron chi connectivity index (χ2n) is 5.10. The van der Waals surface area contributed by atoms with E-state index in [0.717, 1.165) is 24.0 Å². The van der Waals surface area contributed by atoms with Gasteiger partial charge in [0.25, 0.3) is 0 Å². The highest BCUT2D eigenvalue weighted by atomic mass is 16.3. The van der Waals surface area contributed by atoms with E-state index in [-0.39, 0.29) is 0 Å². The normalized spacial score (nSPS) is 13.2. The number of rotatable bonds is 1. The van der Waals surface area contributed by atoms with Crippen molar-refractivity contribution in [2.45, 2.75) is 12.8 Å². The minimum atomic E-state index is 0.307. The lowest BCUT2D eigenvalue weighted by Gasteiger charge is -2.00. The summed E-state index contributed by atoms with van der Waals surface area (Å²) in [6, 6.07) is 17.3. The number of hydrogen-bond acceptors (Lipinski definition) is 1. The van der Waals surface area contributed by atoms with Gasteiger partial charge in [0.05, 0.1) is 0 Å². The number of allylic oxidation sites excluding steroid dienone is 8. The van der Waals surface area contributed by atoms with Crippen LogP contribution in [0.2, 0.25) is 0 Å². The van der Waals surface area contributed by atoms with Crippen LogP contribution in [0.25, 0.3) is 11.1 Å². The molecule has 1 N–H and O–H groups in total. The molecule has 1 nitrogen and oxygen atoms in total. The Labute approximate surface area is 138 Å². The topological polar surface area (TPSA) is 20.2 Å². The van der Waals surface area contributed by atoms with Gasteiger partial charge in [-0.05, 0) is 36.1 Å². The zero-order chi connectivity index (χ0) is 16.2. The van der Waals surface area contributed by atoms with Crippen molar-refractivity contribution in [1.29, 1.82) is 0 Å². The standard InChI is InChI=1S/C12H10O.2C5H6/c13-12-8-4-7-11(9-12)10-5-2-1-3-6-10;2*1-2-4-5-3-1/h1-9,13H;2*1-4H,5H2. The molecule has 0 saturated heterocycles. The predicted molar refractivity (Wildman–Crippen MR) is 99.3 cm³/mol. The fourth-order valence-corrected chi connectivity index (χ4v) is 2.10. The van der Waals surface area contributed by atoms with Crippen LogP contribution in [0.4, 0.5) is 0 Å². The molecule has 2 aliphatic carbocycles. The highest BCUT2D eigenvalue weighted by Gasteiger charge is 1.95. The number of phenols is 1. The third kappa shape index (κ3) is 6.66. The Hall–Kier alpha value is -2.80. The first-order chi connectivity index (χ1) is 11.4. The van der Waals surface area contributed by atoms with Gasteiger partial charge in [0, 0.05) is 0 Å². The van der Waals surface area contributed by atoms with E-state index >= 15 is 0 Å². The highest BCUT2D eigenvalue weighted by Crippen LogP contribution is 2.22. The second-order valence-corrected chi connectivity index (χ2v) is 5.10. The molecule has 2 aromatic carbocycles. The average Bonchev–Trinajstić information content (AvgIpc) is 3.34. The first-order valence-corrected chi connectivity index (χ1v) is 7.84. The van der Waals surface area contributed by atoms with E-state index in [1.54, 1.807) is 12.1 Å². The van der Waals surface area contributed by atoms with E-state index in [4.69, 9.17) is 0 Å². The van der Waals surface area contributed by atoms with Gasteiger partial charge in [0.2, 0.25) is 0 Å². The summed E-state index contributed by atoms with van der Waals surface area (Å²) in [7, 11) is 0. The molecule has 0 aromatic heterocycles. The minimum Gasteiger partial charge on any atom is -0.508 e. The van der Waals surface area contributed by atoms with Crippen molar-refractivity contribution in [1.82, 2.24) is 0 Å². The van der Waals surface area contributed by atoms with Crippen LogP contribution in [0.1, 0.15) is 12.8 Å². The van der Waals surface area contributed by atoms with Crippen molar-refractivity contribution < 1.29 is 5.11 Å². The smallest absolute Gasteiger partial charge is 0.116 e. The maximum absolute atomic E-state index is 9.27. The Bertz CT molecular complexity index is 649. The largest absolute Gasteiger partial charge is 0.508 e. The second kappa shape index (κ2) is 10.0. The summed E-state index contributed by atoms with van der Waals surface area (Å²) in [5.41, 5.74) is 2.17. The lowest BCUT2D eigenvalue weighted by atomic mass is 10.1. The van der Waals surface area contributed by atoms with Crippen molar-refractivity contribution in [2.75, 3.05) is 0 Å². The summed E-state index contributed by atoms with van der Waals surface area (Å²) in [6.07, 6.45) is 19.0. The van der Waals surface area contributed by atoms with Crippen LogP contribution in [0.5, 0.6) is 5.75 Å². The minimum absolute atomic E-state index is 0.307. The van der Waals surface area contributed by atoms with Gasteiger partial charge in [-0.1, -0.05) is 91.1 Å². The first-order valence-electron chi connectivity index (χ1n) is 7.84. The molecular weight excluding hydrogens is 280 g/mol. The van der Waals surface area contributed by atoms with E-state index in [2.05, 4.69) is 48.6 Å². The van der Waals surface area contributed by atoms with E-state index in [1.807, 2.05) is 42.5 Å². The van der Waals surface area contributed by atoms with Gasteiger partial charge >= 0.3 is 0 Å². The molecule has 0 unspecified atom stereocenters. The molecule has 0 amide bonds. The van der Waals surface area contributed by atoms with Gasteiger partial charge < -0.3 is 5.11 Å². The lowest BCUT2D eigenvalue weighted by molar-refractivity contribution is 0.475. The fourth-order valence-electron chi connectivity index (χ4n) is 2.10. The highest BCUT2D eigenvalue weighted by molar-refractivity contribution is 5.64. The van der Waals surface area contributed by atoms with Gasteiger partial charge in [0.15, 0.2) is 0 Å². The maximum atomic E-state index is 9.27. The lowest BCUT2D eigenvalue weighted by Crippen LogP contribution is -1.75. The van der Waals surface area contributed by atoms with Gasteiger partial charge in [0.1, 0.15) is 5.75 Å². The fraction of sp³-hybridized carbons (Fsp3) is 0.0909. The quantitative estimate of drug-likeness (QED) is 0.678. The molecule has 2 aromatic rings. The van der Waals surface area contributed by atoms with Crippen LogP contribution in [-0.2, 0) is 0 Å². The summed E-state index contributed by atoms with van der Waals surface area (Å²) >= 11 is 0.